The SMILES string of the molecule is Cc1ccc(S(=O)(=O)[C@@H]2[C@H](c3ccc(Br)cc3)[C@]2(N)CN)cc1. The lowest BCUT2D eigenvalue weighted by atomic mass is 10.1. The summed E-state index contributed by atoms with van der Waals surface area (Å²) in [6.07, 6.45) is 0. The van der Waals surface area contributed by atoms with E-state index in [0.29, 0.717) is 4.90 Å². The van der Waals surface area contributed by atoms with Gasteiger partial charge in [0.25, 0.3) is 0 Å². The average Bonchev–Trinajstić information content (AvgIpc) is 3.16. The van der Waals surface area contributed by atoms with Crippen LogP contribution in [0.15, 0.2) is 57.9 Å². The Balaban J connectivity index is 2.01. The van der Waals surface area contributed by atoms with Crippen molar-refractivity contribution in [2.24, 2.45) is 11.5 Å². The van der Waals surface area contributed by atoms with E-state index in [1.54, 1.807) is 24.3 Å². The fraction of sp³-hybridized carbons (Fsp3) is 0.294. The molecule has 6 heteroatoms. The van der Waals surface area contributed by atoms with Gasteiger partial charge in [-0.25, -0.2) is 8.42 Å². The largest absolute Gasteiger partial charge is 0.329 e. The van der Waals surface area contributed by atoms with Crippen molar-refractivity contribution in [2.75, 3.05) is 6.54 Å². The van der Waals surface area contributed by atoms with Gasteiger partial charge in [-0.15, -0.1) is 0 Å². The van der Waals surface area contributed by atoms with Gasteiger partial charge in [0.15, 0.2) is 9.84 Å². The predicted octanol–water partition coefficient (Wildman–Crippen LogP) is 2.35. The molecule has 23 heavy (non-hydrogen) atoms. The fourth-order valence-electron chi connectivity index (χ4n) is 3.16. The summed E-state index contributed by atoms with van der Waals surface area (Å²) in [6.45, 7) is 2.05. The number of hydrogen-bond acceptors (Lipinski definition) is 4. The molecular formula is C17H19BrN2O2S. The van der Waals surface area contributed by atoms with E-state index in [1.165, 1.54) is 0 Å². The van der Waals surface area contributed by atoms with E-state index in [9.17, 15) is 8.42 Å². The van der Waals surface area contributed by atoms with Crippen molar-refractivity contribution in [2.45, 2.75) is 28.5 Å². The second kappa shape index (κ2) is 5.70. The van der Waals surface area contributed by atoms with Crippen LogP contribution in [0.1, 0.15) is 17.0 Å². The highest BCUT2D eigenvalue weighted by Gasteiger charge is 2.68. The van der Waals surface area contributed by atoms with E-state index in [-0.39, 0.29) is 12.5 Å². The summed E-state index contributed by atoms with van der Waals surface area (Å²) in [5.41, 5.74) is 13.2. The van der Waals surface area contributed by atoms with Gasteiger partial charge in [0, 0.05) is 16.9 Å². The van der Waals surface area contributed by atoms with Gasteiger partial charge in [0.1, 0.15) is 0 Å². The molecule has 0 bridgehead atoms. The maximum Gasteiger partial charge on any atom is 0.183 e. The average molecular weight is 395 g/mol. The Morgan fingerprint density at radius 2 is 1.65 bits per heavy atom. The molecule has 0 spiro atoms. The number of aryl methyl sites for hydroxylation is 1. The van der Waals surface area contributed by atoms with Gasteiger partial charge < -0.3 is 11.5 Å². The standard InChI is InChI=1S/C17H19BrN2O2S/c1-11-2-8-14(9-3-11)23(21,22)16-15(17(16,20)10-19)12-4-6-13(18)7-5-12/h2-9,15-16H,10,19-20H2,1H3/t15-,16+,17+/m0/s1. The second-order valence-electron chi connectivity index (χ2n) is 6.12. The highest BCUT2D eigenvalue weighted by Crippen LogP contribution is 2.55. The van der Waals surface area contributed by atoms with Gasteiger partial charge >= 0.3 is 0 Å². The summed E-state index contributed by atoms with van der Waals surface area (Å²) >= 11 is 3.38. The van der Waals surface area contributed by atoms with E-state index >= 15 is 0 Å². The maximum atomic E-state index is 13.0. The van der Waals surface area contributed by atoms with Crippen LogP contribution < -0.4 is 11.5 Å². The predicted molar refractivity (Wildman–Crippen MR) is 95.0 cm³/mol. The van der Waals surface area contributed by atoms with Crippen molar-refractivity contribution < 1.29 is 8.42 Å². The summed E-state index contributed by atoms with van der Waals surface area (Å²) in [7, 11) is -3.53. The normalized spacial score (nSPS) is 27.0. The third kappa shape index (κ3) is 2.74. The molecule has 3 rings (SSSR count). The minimum Gasteiger partial charge on any atom is -0.329 e. The Hall–Kier alpha value is -1.21. The van der Waals surface area contributed by atoms with Gasteiger partial charge in [-0.1, -0.05) is 45.8 Å². The number of hydrogen-bond donors (Lipinski definition) is 2. The van der Waals surface area contributed by atoms with E-state index in [4.69, 9.17) is 11.5 Å². The molecular weight excluding hydrogens is 376 g/mol. The molecule has 122 valence electrons. The number of sulfone groups is 1. The summed E-state index contributed by atoms with van der Waals surface area (Å²) in [5, 5.41) is -0.691. The molecule has 4 nitrogen and oxygen atoms in total. The van der Waals surface area contributed by atoms with E-state index in [2.05, 4.69) is 15.9 Å². The van der Waals surface area contributed by atoms with Crippen LogP contribution in [-0.4, -0.2) is 25.8 Å². The molecule has 1 aliphatic rings. The van der Waals surface area contributed by atoms with Crippen molar-refractivity contribution in [3.05, 3.63) is 64.1 Å². The number of halogens is 1. The molecule has 1 saturated carbocycles. The van der Waals surface area contributed by atoms with Crippen LogP contribution in [0.3, 0.4) is 0 Å². The van der Waals surface area contributed by atoms with Crippen molar-refractivity contribution in [3.63, 3.8) is 0 Å². The molecule has 0 amide bonds. The molecule has 4 N–H and O–H groups in total. The van der Waals surface area contributed by atoms with Crippen LogP contribution in [0.5, 0.6) is 0 Å². The van der Waals surface area contributed by atoms with Crippen molar-refractivity contribution >= 4 is 25.8 Å². The molecule has 3 atom stereocenters. The Morgan fingerprint density at radius 3 is 2.17 bits per heavy atom. The lowest BCUT2D eigenvalue weighted by Gasteiger charge is -2.09. The van der Waals surface area contributed by atoms with Gasteiger partial charge in [-0.3, -0.25) is 0 Å². The quantitative estimate of drug-likeness (QED) is 0.832. The van der Waals surface area contributed by atoms with Gasteiger partial charge in [0.05, 0.1) is 15.7 Å². The topological polar surface area (TPSA) is 86.2 Å². The Bertz CT molecular complexity index is 819. The third-order valence-electron chi connectivity index (χ3n) is 4.57. The lowest BCUT2D eigenvalue weighted by molar-refractivity contribution is 0.586. The van der Waals surface area contributed by atoms with Crippen LogP contribution in [0.4, 0.5) is 0 Å². The van der Waals surface area contributed by atoms with Crippen LogP contribution in [0.2, 0.25) is 0 Å². The first-order chi connectivity index (χ1) is 10.8. The van der Waals surface area contributed by atoms with Gasteiger partial charge in [-0.05, 0) is 36.8 Å². The van der Waals surface area contributed by atoms with Crippen molar-refractivity contribution in [1.82, 2.24) is 0 Å². The fourth-order valence-corrected chi connectivity index (χ4v) is 5.75. The zero-order valence-electron chi connectivity index (χ0n) is 12.7. The summed E-state index contributed by atoms with van der Waals surface area (Å²) in [6, 6.07) is 14.4. The molecule has 2 aromatic carbocycles. The van der Waals surface area contributed by atoms with Crippen LogP contribution in [-0.2, 0) is 9.84 Å². The van der Waals surface area contributed by atoms with E-state index in [0.717, 1.165) is 15.6 Å². The molecule has 0 radical (unpaired) electrons. The smallest absolute Gasteiger partial charge is 0.183 e. The summed E-state index contributed by atoms with van der Waals surface area (Å²) in [4.78, 5) is 0.302. The Kier molecular flexibility index (Phi) is 4.13. The Morgan fingerprint density at radius 1 is 1.09 bits per heavy atom. The molecule has 1 aliphatic carbocycles. The van der Waals surface area contributed by atoms with Crippen molar-refractivity contribution in [3.8, 4) is 0 Å². The first-order valence-corrected chi connectivity index (χ1v) is 9.69. The maximum absolute atomic E-state index is 13.0. The molecule has 0 aromatic heterocycles. The molecule has 0 heterocycles. The molecule has 0 unspecified atom stereocenters. The highest BCUT2D eigenvalue weighted by molar-refractivity contribution is 9.10. The third-order valence-corrected chi connectivity index (χ3v) is 7.41. The molecule has 2 aromatic rings. The zero-order chi connectivity index (χ0) is 16.8. The lowest BCUT2D eigenvalue weighted by Crippen LogP contribution is -2.39. The van der Waals surface area contributed by atoms with Gasteiger partial charge in [0.2, 0.25) is 0 Å². The van der Waals surface area contributed by atoms with Crippen molar-refractivity contribution in [1.29, 1.82) is 0 Å². The molecule has 0 aliphatic heterocycles. The molecule has 0 saturated heterocycles. The zero-order valence-corrected chi connectivity index (χ0v) is 15.1. The van der Waals surface area contributed by atoms with Crippen LogP contribution in [0, 0.1) is 6.92 Å². The monoisotopic (exact) mass is 394 g/mol. The minimum atomic E-state index is -3.53. The summed E-state index contributed by atoms with van der Waals surface area (Å²) in [5.74, 6) is -0.285. The molecule has 1 fully saturated rings. The number of benzene rings is 2. The highest BCUT2D eigenvalue weighted by atomic mass is 79.9. The van der Waals surface area contributed by atoms with Gasteiger partial charge in [-0.2, -0.15) is 0 Å². The van der Waals surface area contributed by atoms with Crippen LogP contribution in [0.25, 0.3) is 0 Å². The number of rotatable bonds is 4. The van der Waals surface area contributed by atoms with Crippen LogP contribution >= 0.6 is 15.9 Å². The summed E-state index contributed by atoms with van der Waals surface area (Å²) < 4.78 is 26.9. The second-order valence-corrected chi connectivity index (χ2v) is 9.11. The van der Waals surface area contributed by atoms with E-state index < -0.39 is 20.6 Å². The minimum absolute atomic E-state index is 0.128. The first kappa shape index (κ1) is 16.6. The first-order valence-electron chi connectivity index (χ1n) is 7.35. The Labute approximate surface area is 144 Å². The number of nitrogens with two attached hydrogens (primary N) is 2. The van der Waals surface area contributed by atoms with E-state index in [1.807, 2.05) is 31.2 Å².